The lowest BCUT2D eigenvalue weighted by atomic mass is 10.1. The molecule has 0 N–H and O–H groups in total. The number of carbonyl (C=O) groups excluding carboxylic acids is 3. The summed E-state index contributed by atoms with van der Waals surface area (Å²) in [5.41, 5.74) is 0. The molecule has 0 aliphatic heterocycles. The maximum Gasteiger partial charge on any atom is 0.306 e. The van der Waals surface area contributed by atoms with E-state index in [1.165, 1.54) is 96.3 Å². The molecule has 6 heteroatoms. The lowest BCUT2D eigenvalue weighted by Crippen LogP contribution is -2.30. The summed E-state index contributed by atoms with van der Waals surface area (Å²) >= 11 is 0. The Labute approximate surface area is 357 Å². The van der Waals surface area contributed by atoms with Gasteiger partial charge in [0.1, 0.15) is 13.2 Å². The minimum atomic E-state index is -0.807. The summed E-state index contributed by atoms with van der Waals surface area (Å²) in [5, 5.41) is 0. The van der Waals surface area contributed by atoms with Crippen LogP contribution in [-0.4, -0.2) is 37.2 Å². The molecule has 0 radical (unpaired) electrons. The molecule has 58 heavy (non-hydrogen) atoms. The second-order valence-corrected chi connectivity index (χ2v) is 15.7. The third kappa shape index (κ3) is 44.0. The Kier molecular flexibility index (Phi) is 44.0. The molecule has 6 nitrogen and oxygen atoms in total. The Morgan fingerprint density at radius 3 is 1.00 bits per heavy atom. The minimum Gasteiger partial charge on any atom is -0.462 e. The Morgan fingerprint density at radius 1 is 0.345 bits per heavy atom. The van der Waals surface area contributed by atoms with E-state index in [1.54, 1.807) is 0 Å². The largest absolute Gasteiger partial charge is 0.462 e. The molecule has 0 aliphatic rings. The lowest BCUT2D eigenvalue weighted by Gasteiger charge is -2.18. The molecule has 0 aromatic heterocycles. The van der Waals surface area contributed by atoms with Crippen molar-refractivity contribution in [2.24, 2.45) is 0 Å². The van der Waals surface area contributed by atoms with Gasteiger partial charge in [-0.15, -0.1) is 0 Å². The fourth-order valence-electron chi connectivity index (χ4n) is 6.28. The van der Waals surface area contributed by atoms with Gasteiger partial charge in [-0.2, -0.15) is 0 Å². The second-order valence-electron chi connectivity index (χ2n) is 15.7. The molecule has 332 valence electrons. The van der Waals surface area contributed by atoms with Gasteiger partial charge in [-0.05, 0) is 96.3 Å². The van der Waals surface area contributed by atoms with Crippen LogP contribution in [0.1, 0.15) is 220 Å². The first kappa shape index (κ1) is 54.9. The van der Waals surface area contributed by atoms with Crippen molar-refractivity contribution in [1.29, 1.82) is 0 Å². The van der Waals surface area contributed by atoms with E-state index in [1.807, 2.05) is 0 Å². The molecule has 0 heterocycles. The Balaban J connectivity index is 4.51. The summed E-state index contributed by atoms with van der Waals surface area (Å²) in [4.78, 5) is 37.8. The third-order valence-electron chi connectivity index (χ3n) is 9.93. The van der Waals surface area contributed by atoms with Crippen LogP contribution in [-0.2, 0) is 28.6 Å². The van der Waals surface area contributed by atoms with Gasteiger partial charge in [-0.1, -0.05) is 177 Å². The van der Waals surface area contributed by atoms with Gasteiger partial charge in [0.25, 0.3) is 0 Å². The molecule has 0 spiro atoms. The molecule has 0 aliphatic carbocycles. The van der Waals surface area contributed by atoms with Crippen LogP contribution in [0.5, 0.6) is 0 Å². The van der Waals surface area contributed by atoms with Crippen molar-refractivity contribution in [3.8, 4) is 0 Å². The zero-order valence-corrected chi connectivity index (χ0v) is 37.8. The molecule has 0 bridgehead atoms. The molecule has 1 atom stereocenters. The summed E-state index contributed by atoms with van der Waals surface area (Å²) in [6.45, 7) is 6.49. The van der Waals surface area contributed by atoms with Crippen LogP contribution in [0.25, 0.3) is 0 Å². The van der Waals surface area contributed by atoms with Crippen molar-refractivity contribution in [2.75, 3.05) is 13.2 Å². The fourth-order valence-corrected chi connectivity index (χ4v) is 6.28. The van der Waals surface area contributed by atoms with Crippen molar-refractivity contribution < 1.29 is 28.6 Å². The van der Waals surface area contributed by atoms with Gasteiger partial charge in [0.15, 0.2) is 6.10 Å². The zero-order chi connectivity index (χ0) is 42.3. The SMILES string of the molecule is CCCCC/C=C\C/C=C\C/C=C\CCCCC(=O)OC[C@@H](COC(=O)CCCCCCCCCCCC)OC(=O)CCCC/C=C\C/C=C\C/C=C\CCCCC. The van der Waals surface area contributed by atoms with Crippen LogP contribution in [0.3, 0.4) is 0 Å². The number of allylic oxidation sites excluding steroid dienone is 12. The Morgan fingerprint density at radius 2 is 0.621 bits per heavy atom. The highest BCUT2D eigenvalue weighted by Gasteiger charge is 2.19. The third-order valence-corrected chi connectivity index (χ3v) is 9.93. The molecular weight excluding hydrogens is 721 g/mol. The van der Waals surface area contributed by atoms with Crippen LogP contribution in [0.4, 0.5) is 0 Å². The van der Waals surface area contributed by atoms with E-state index in [-0.39, 0.29) is 37.5 Å². The highest BCUT2D eigenvalue weighted by Crippen LogP contribution is 2.13. The number of rotatable bonds is 42. The zero-order valence-electron chi connectivity index (χ0n) is 37.8. The van der Waals surface area contributed by atoms with E-state index in [0.717, 1.165) is 77.0 Å². The van der Waals surface area contributed by atoms with E-state index in [2.05, 4.69) is 93.7 Å². The van der Waals surface area contributed by atoms with Crippen molar-refractivity contribution in [1.82, 2.24) is 0 Å². The number of ether oxygens (including phenoxy) is 3. The molecule has 0 saturated carbocycles. The number of hydrogen-bond donors (Lipinski definition) is 0. The first-order chi connectivity index (χ1) is 28.5. The molecule has 0 rings (SSSR count). The maximum absolute atomic E-state index is 12.7. The molecule has 0 unspecified atom stereocenters. The molecular formula is C52H88O6. The fraction of sp³-hybridized carbons (Fsp3) is 0.712. The van der Waals surface area contributed by atoms with Gasteiger partial charge < -0.3 is 14.2 Å². The van der Waals surface area contributed by atoms with Crippen LogP contribution in [0.2, 0.25) is 0 Å². The van der Waals surface area contributed by atoms with Crippen LogP contribution in [0, 0.1) is 0 Å². The average Bonchev–Trinajstić information content (AvgIpc) is 3.22. The Bertz CT molecular complexity index is 1110. The molecule has 0 fully saturated rings. The average molecular weight is 809 g/mol. The van der Waals surface area contributed by atoms with E-state index in [9.17, 15) is 14.4 Å². The first-order valence-corrected chi connectivity index (χ1v) is 23.9. The van der Waals surface area contributed by atoms with E-state index < -0.39 is 6.10 Å². The van der Waals surface area contributed by atoms with Gasteiger partial charge in [-0.25, -0.2) is 0 Å². The van der Waals surface area contributed by atoms with Gasteiger partial charge >= 0.3 is 17.9 Å². The predicted octanol–water partition coefficient (Wildman–Crippen LogP) is 15.5. The summed E-state index contributed by atoms with van der Waals surface area (Å²) in [7, 11) is 0. The summed E-state index contributed by atoms with van der Waals surface area (Å²) < 4.78 is 16.7. The molecule has 0 aromatic carbocycles. The molecule has 0 amide bonds. The van der Waals surface area contributed by atoms with E-state index in [4.69, 9.17) is 14.2 Å². The van der Waals surface area contributed by atoms with Crippen molar-refractivity contribution >= 4 is 17.9 Å². The Hall–Kier alpha value is -3.15. The summed E-state index contributed by atoms with van der Waals surface area (Å²) in [6.07, 6.45) is 57.4. The number of esters is 3. The predicted molar refractivity (Wildman–Crippen MR) is 247 cm³/mol. The standard InChI is InChI=1S/C52H88O6/c1-4-7-10-13-16-19-22-24-26-28-30-33-36-39-42-45-51(54)57-48-49(47-56-50(53)44-41-38-35-32-21-18-15-12-9-6-3)58-52(55)46-43-40-37-34-31-29-27-25-23-20-17-14-11-8-5-2/h16-17,19-20,24-27,30-31,33-34,49H,4-15,18,21-23,28-29,32,35-48H2,1-3H3/b19-16-,20-17-,26-24-,27-25-,33-30-,34-31-/t49-/m1/s1. The van der Waals surface area contributed by atoms with Crippen LogP contribution in [0.15, 0.2) is 72.9 Å². The number of carbonyl (C=O) groups is 3. The van der Waals surface area contributed by atoms with Gasteiger partial charge in [-0.3, -0.25) is 14.4 Å². The van der Waals surface area contributed by atoms with Gasteiger partial charge in [0.05, 0.1) is 0 Å². The van der Waals surface area contributed by atoms with E-state index >= 15 is 0 Å². The van der Waals surface area contributed by atoms with Gasteiger partial charge in [0, 0.05) is 19.3 Å². The highest BCUT2D eigenvalue weighted by atomic mass is 16.6. The van der Waals surface area contributed by atoms with Crippen LogP contribution >= 0.6 is 0 Å². The van der Waals surface area contributed by atoms with E-state index in [0.29, 0.717) is 19.3 Å². The molecule has 0 saturated heterocycles. The quantitative estimate of drug-likeness (QED) is 0.0264. The first-order valence-electron chi connectivity index (χ1n) is 23.9. The number of unbranched alkanes of at least 4 members (excludes halogenated alkanes) is 19. The smallest absolute Gasteiger partial charge is 0.306 e. The number of hydrogen-bond acceptors (Lipinski definition) is 6. The van der Waals surface area contributed by atoms with Crippen LogP contribution < -0.4 is 0 Å². The van der Waals surface area contributed by atoms with Crippen molar-refractivity contribution in [3.63, 3.8) is 0 Å². The normalized spacial score (nSPS) is 12.7. The minimum absolute atomic E-state index is 0.102. The summed E-state index contributed by atoms with van der Waals surface area (Å²) in [5.74, 6) is -0.986. The monoisotopic (exact) mass is 809 g/mol. The maximum atomic E-state index is 12.7. The summed E-state index contributed by atoms with van der Waals surface area (Å²) in [6, 6.07) is 0. The topological polar surface area (TPSA) is 78.9 Å². The molecule has 0 aromatic rings. The van der Waals surface area contributed by atoms with Gasteiger partial charge in [0.2, 0.25) is 0 Å². The van der Waals surface area contributed by atoms with Crippen molar-refractivity contribution in [3.05, 3.63) is 72.9 Å². The highest BCUT2D eigenvalue weighted by molar-refractivity contribution is 5.71. The second kappa shape index (κ2) is 46.5. The lowest BCUT2D eigenvalue weighted by molar-refractivity contribution is -0.167. The van der Waals surface area contributed by atoms with Crippen molar-refractivity contribution in [2.45, 2.75) is 226 Å².